The Morgan fingerprint density at radius 2 is 0.900 bits per heavy atom. The molecule has 2 aromatic heterocycles. The van der Waals surface area contributed by atoms with Crippen molar-refractivity contribution in [2.75, 3.05) is 0 Å². The third kappa shape index (κ3) is 4.89. The van der Waals surface area contributed by atoms with Crippen molar-refractivity contribution >= 4 is 55.4 Å². The van der Waals surface area contributed by atoms with Crippen LogP contribution in [0.3, 0.4) is 0 Å². The lowest BCUT2D eigenvalue weighted by atomic mass is 9.93. The van der Waals surface area contributed by atoms with E-state index in [4.69, 9.17) is 13.8 Å². The molecule has 0 spiro atoms. The Morgan fingerprint density at radius 1 is 0.400 bits per heavy atom. The van der Waals surface area contributed by atoms with Crippen LogP contribution < -0.4 is 5.32 Å². The van der Waals surface area contributed by atoms with Crippen molar-refractivity contribution in [3.05, 3.63) is 187 Å². The minimum atomic E-state index is -0.0479. The third-order valence-corrected chi connectivity index (χ3v) is 9.70. The van der Waals surface area contributed by atoms with Gasteiger partial charge in [-0.25, -0.2) is 4.99 Å². The van der Waals surface area contributed by atoms with Gasteiger partial charge < -0.3 is 14.2 Å². The number of para-hydroxylation sites is 2. The summed E-state index contributed by atoms with van der Waals surface area (Å²) >= 11 is 0. The first kappa shape index (κ1) is 28.4. The summed E-state index contributed by atoms with van der Waals surface area (Å²) in [6.45, 7) is 0. The number of hydrogen-bond acceptors (Lipinski definition) is 4. The molecule has 0 saturated heterocycles. The number of aliphatic imine (C=N–C) groups is 1. The molecule has 50 heavy (non-hydrogen) atoms. The molecule has 1 N–H and O–H groups in total. The molecule has 0 saturated carbocycles. The summed E-state index contributed by atoms with van der Waals surface area (Å²) in [5.41, 5.74) is 12.2. The third-order valence-electron chi connectivity index (χ3n) is 9.70. The molecule has 0 radical (unpaired) electrons. The van der Waals surface area contributed by atoms with E-state index in [-0.39, 0.29) is 6.04 Å². The maximum absolute atomic E-state index is 6.19. The van der Waals surface area contributed by atoms with Crippen LogP contribution in [-0.4, -0.2) is 5.84 Å². The van der Waals surface area contributed by atoms with E-state index in [1.54, 1.807) is 0 Å². The van der Waals surface area contributed by atoms with E-state index in [1.165, 1.54) is 5.56 Å². The summed E-state index contributed by atoms with van der Waals surface area (Å²) in [5.74, 6) is 0.827. The van der Waals surface area contributed by atoms with Crippen LogP contribution in [0.25, 0.3) is 71.8 Å². The molecule has 9 aromatic rings. The van der Waals surface area contributed by atoms with Gasteiger partial charge in [0.1, 0.15) is 28.2 Å². The fraction of sp³-hybridized carbons (Fsp3) is 0.0217. The number of rotatable bonds is 5. The van der Waals surface area contributed by atoms with Crippen LogP contribution in [0.4, 0.5) is 0 Å². The summed E-state index contributed by atoms with van der Waals surface area (Å²) in [6.07, 6.45) is 2.22. The van der Waals surface area contributed by atoms with Crippen molar-refractivity contribution in [2.45, 2.75) is 6.04 Å². The summed E-state index contributed by atoms with van der Waals surface area (Å²) in [7, 11) is 0. The minimum absolute atomic E-state index is 0.0479. The average molecular weight is 643 g/mol. The number of fused-ring (bicyclic) bond motifs is 6. The van der Waals surface area contributed by atoms with E-state index < -0.39 is 0 Å². The largest absolute Gasteiger partial charge is 0.456 e. The van der Waals surface area contributed by atoms with E-state index >= 15 is 0 Å². The number of hydrogen-bond donors (Lipinski definition) is 1. The molecule has 0 bridgehead atoms. The van der Waals surface area contributed by atoms with Crippen LogP contribution in [0, 0.1) is 0 Å². The van der Waals surface area contributed by atoms with Crippen LogP contribution in [0.5, 0.6) is 0 Å². The van der Waals surface area contributed by atoms with Crippen molar-refractivity contribution in [3.63, 3.8) is 0 Å². The van der Waals surface area contributed by atoms with Gasteiger partial charge in [-0.1, -0.05) is 109 Å². The Morgan fingerprint density at radius 3 is 1.50 bits per heavy atom. The molecule has 1 aliphatic rings. The van der Waals surface area contributed by atoms with Gasteiger partial charge in [-0.15, -0.1) is 0 Å². The molecule has 236 valence electrons. The zero-order valence-electron chi connectivity index (χ0n) is 27.0. The fourth-order valence-electron chi connectivity index (χ4n) is 7.20. The van der Waals surface area contributed by atoms with E-state index in [2.05, 4.69) is 145 Å². The van der Waals surface area contributed by atoms with E-state index in [0.717, 1.165) is 88.8 Å². The van der Waals surface area contributed by atoms with Gasteiger partial charge in [-0.3, -0.25) is 0 Å². The normalized spacial score (nSPS) is 14.6. The van der Waals surface area contributed by atoms with Crippen LogP contribution in [0.2, 0.25) is 0 Å². The highest BCUT2D eigenvalue weighted by molar-refractivity contribution is 6.09. The highest BCUT2D eigenvalue weighted by Crippen LogP contribution is 2.37. The zero-order valence-corrected chi connectivity index (χ0v) is 27.0. The molecule has 7 aromatic carbocycles. The number of amidine groups is 1. The Kier molecular flexibility index (Phi) is 6.53. The predicted molar refractivity (Wildman–Crippen MR) is 205 cm³/mol. The fourth-order valence-corrected chi connectivity index (χ4v) is 7.20. The summed E-state index contributed by atoms with van der Waals surface area (Å²) in [4.78, 5) is 5.27. The Hall–Kier alpha value is -6.65. The van der Waals surface area contributed by atoms with Gasteiger partial charge in [0.05, 0.1) is 11.7 Å². The van der Waals surface area contributed by atoms with Gasteiger partial charge in [-0.2, -0.15) is 0 Å². The maximum atomic E-state index is 6.19. The molecule has 1 atom stereocenters. The molecule has 4 nitrogen and oxygen atoms in total. The first-order valence-corrected chi connectivity index (χ1v) is 16.9. The number of benzene rings is 7. The Balaban J connectivity index is 1.18. The number of furan rings is 2. The van der Waals surface area contributed by atoms with E-state index in [0.29, 0.717) is 0 Å². The van der Waals surface area contributed by atoms with Gasteiger partial charge in [0.15, 0.2) is 0 Å². The lowest BCUT2D eigenvalue weighted by Gasteiger charge is -2.25. The number of nitrogens with zero attached hydrogens (tertiary/aromatic N) is 1. The molecule has 1 unspecified atom stereocenters. The average Bonchev–Trinajstić information content (AvgIpc) is 3.76. The topological polar surface area (TPSA) is 50.7 Å². The summed E-state index contributed by atoms with van der Waals surface area (Å²) < 4.78 is 12.4. The molecular weight excluding hydrogens is 613 g/mol. The molecule has 4 heteroatoms. The number of nitrogens with one attached hydrogen (secondary N) is 1. The maximum Gasteiger partial charge on any atom is 0.135 e. The second-order valence-corrected chi connectivity index (χ2v) is 12.8. The van der Waals surface area contributed by atoms with Crippen molar-refractivity contribution < 1.29 is 8.83 Å². The molecule has 0 fully saturated rings. The molecule has 3 heterocycles. The van der Waals surface area contributed by atoms with Crippen LogP contribution >= 0.6 is 0 Å². The van der Waals surface area contributed by atoms with Crippen molar-refractivity contribution in [1.82, 2.24) is 5.32 Å². The smallest absolute Gasteiger partial charge is 0.135 e. The SMILES string of the molecule is C1=C(c2ccccc2)N=C(c2cc(-c3ccc4oc5ccccc5c4c3)cc(-c3ccc4oc5ccccc5c4c3)c2)NC1c1ccccc1. The Labute approximate surface area is 288 Å². The summed E-state index contributed by atoms with van der Waals surface area (Å²) in [6, 6.07) is 57.1. The second-order valence-electron chi connectivity index (χ2n) is 12.8. The standard InChI is InChI=1S/C46H30N2O2/c1-3-11-29(12-4-1)40-28-41(30-13-5-2-6-14-30)48-46(47-40)35-24-33(31-19-21-44-38(26-31)36-15-7-9-17-42(36)49-44)23-34(25-35)32-20-22-45-39(27-32)37-16-8-10-18-43(37)50-45/h1-28,40H,(H,47,48). The van der Waals surface area contributed by atoms with Gasteiger partial charge in [0.2, 0.25) is 0 Å². The van der Waals surface area contributed by atoms with Gasteiger partial charge in [0, 0.05) is 27.1 Å². The molecule has 0 aliphatic carbocycles. The Bertz CT molecular complexity index is 2660. The lowest BCUT2D eigenvalue weighted by molar-refractivity contribution is 0.668. The zero-order chi connectivity index (χ0) is 33.0. The van der Waals surface area contributed by atoms with Crippen molar-refractivity contribution in [3.8, 4) is 22.3 Å². The monoisotopic (exact) mass is 642 g/mol. The minimum Gasteiger partial charge on any atom is -0.456 e. The van der Waals surface area contributed by atoms with Crippen LogP contribution in [0.15, 0.2) is 184 Å². The van der Waals surface area contributed by atoms with Gasteiger partial charge in [0.25, 0.3) is 0 Å². The molecular formula is C46H30N2O2. The van der Waals surface area contributed by atoms with Crippen LogP contribution in [-0.2, 0) is 0 Å². The second kappa shape index (κ2) is 11.5. The summed E-state index contributed by atoms with van der Waals surface area (Å²) in [5, 5.41) is 8.21. The van der Waals surface area contributed by atoms with Gasteiger partial charge in [-0.05, 0) is 94.1 Å². The molecule has 10 rings (SSSR count). The van der Waals surface area contributed by atoms with Gasteiger partial charge >= 0.3 is 0 Å². The van der Waals surface area contributed by atoms with Crippen molar-refractivity contribution in [2.24, 2.45) is 4.99 Å². The molecule has 0 amide bonds. The van der Waals surface area contributed by atoms with Crippen LogP contribution in [0.1, 0.15) is 22.7 Å². The van der Waals surface area contributed by atoms with E-state index in [9.17, 15) is 0 Å². The predicted octanol–water partition coefficient (Wildman–Crippen LogP) is 12.0. The first-order valence-electron chi connectivity index (χ1n) is 16.9. The molecule has 1 aliphatic heterocycles. The highest BCUT2D eigenvalue weighted by Gasteiger charge is 2.21. The quantitative estimate of drug-likeness (QED) is 0.203. The van der Waals surface area contributed by atoms with E-state index in [1.807, 2.05) is 30.3 Å². The first-order chi connectivity index (χ1) is 24.7. The van der Waals surface area contributed by atoms with Crippen molar-refractivity contribution in [1.29, 1.82) is 0 Å². The lowest BCUT2D eigenvalue weighted by Crippen LogP contribution is -2.31. The highest BCUT2D eigenvalue weighted by atomic mass is 16.3.